The van der Waals surface area contributed by atoms with Gasteiger partial charge in [0.1, 0.15) is 0 Å². The Bertz CT molecular complexity index is 242. The van der Waals surface area contributed by atoms with E-state index in [1.165, 1.54) is 64.5 Å². The third kappa shape index (κ3) is 7.08. The Morgan fingerprint density at radius 1 is 1.10 bits per heavy atom. The fourth-order valence-electron chi connectivity index (χ4n) is 3.19. The van der Waals surface area contributed by atoms with E-state index in [9.17, 15) is 0 Å². The third-order valence-corrected chi connectivity index (χ3v) is 4.94. The van der Waals surface area contributed by atoms with Crippen molar-refractivity contribution in [2.45, 2.75) is 85.1 Å². The van der Waals surface area contributed by atoms with Crippen LogP contribution in [0.15, 0.2) is 0 Å². The minimum Gasteiger partial charge on any atom is -0.330 e. The maximum Gasteiger partial charge on any atom is 0.00952 e. The Labute approximate surface area is 127 Å². The zero-order valence-electron chi connectivity index (χ0n) is 14.5. The van der Waals surface area contributed by atoms with Gasteiger partial charge < -0.3 is 10.6 Å². The average Bonchev–Trinajstić information content (AvgIpc) is 2.91. The molecule has 1 saturated carbocycles. The molecule has 2 heteroatoms. The van der Waals surface area contributed by atoms with E-state index in [-0.39, 0.29) is 0 Å². The second-order valence-corrected chi connectivity index (χ2v) is 7.98. The molecule has 0 aromatic heterocycles. The van der Waals surface area contributed by atoms with Crippen LogP contribution in [0.2, 0.25) is 0 Å². The fourth-order valence-corrected chi connectivity index (χ4v) is 3.19. The summed E-state index contributed by atoms with van der Waals surface area (Å²) in [6.45, 7) is 12.7. The minimum absolute atomic E-state index is 0.329. The van der Waals surface area contributed by atoms with Crippen LogP contribution in [0.25, 0.3) is 0 Å². The van der Waals surface area contributed by atoms with E-state index >= 15 is 0 Å². The number of hydrogen-bond donors (Lipinski definition) is 1. The van der Waals surface area contributed by atoms with Gasteiger partial charge in [-0.05, 0) is 63.1 Å². The molecule has 0 aromatic rings. The fraction of sp³-hybridized carbons (Fsp3) is 1.00. The number of unbranched alkanes of at least 4 members (excludes halogenated alkanes) is 1. The largest absolute Gasteiger partial charge is 0.330 e. The third-order valence-electron chi connectivity index (χ3n) is 4.94. The predicted molar refractivity (Wildman–Crippen MR) is 90.0 cm³/mol. The lowest BCUT2D eigenvalue weighted by atomic mass is 9.87. The molecule has 0 amide bonds. The van der Waals surface area contributed by atoms with Gasteiger partial charge in [0.15, 0.2) is 0 Å². The quantitative estimate of drug-likeness (QED) is 0.601. The summed E-state index contributed by atoms with van der Waals surface area (Å²) in [6, 6.07) is 0.885. The molecule has 120 valence electrons. The summed E-state index contributed by atoms with van der Waals surface area (Å²) in [7, 11) is 0. The van der Waals surface area contributed by atoms with E-state index < -0.39 is 0 Å². The first kappa shape index (κ1) is 18.0. The molecule has 0 atom stereocenters. The van der Waals surface area contributed by atoms with Crippen molar-refractivity contribution in [3.63, 3.8) is 0 Å². The molecular formula is C18H38N2. The van der Waals surface area contributed by atoms with Crippen LogP contribution in [0.5, 0.6) is 0 Å². The summed E-state index contributed by atoms with van der Waals surface area (Å²) in [6.07, 6.45) is 11.1. The van der Waals surface area contributed by atoms with Crippen LogP contribution in [0.4, 0.5) is 0 Å². The van der Waals surface area contributed by atoms with E-state index in [1.54, 1.807) is 0 Å². The van der Waals surface area contributed by atoms with E-state index in [4.69, 9.17) is 5.73 Å². The van der Waals surface area contributed by atoms with Crippen LogP contribution < -0.4 is 5.73 Å². The molecule has 0 aliphatic heterocycles. The molecule has 0 saturated heterocycles. The van der Waals surface area contributed by atoms with Crippen LogP contribution in [0.1, 0.15) is 79.1 Å². The summed E-state index contributed by atoms with van der Waals surface area (Å²) < 4.78 is 0. The molecule has 0 unspecified atom stereocenters. The van der Waals surface area contributed by atoms with Gasteiger partial charge in [0, 0.05) is 6.04 Å². The predicted octanol–water partition coefficient (Wildman–Crippen LogP) is 4.43. The van der Waals surface area contributed by atoms with Gasteiger partial charge in [-0.2, -0.15) is 0 Å². The van der Waals surface area contributed by atoms with Gasteiger partial charge in [0.05, 0.1) is 0 Å². The molecule has 0 bridgehead atoms. The topological polar surface area (TPSA) is 29.3 Å². The maximum atomic E-state index is 5.82. The van der Waals surface area contributed by atoms with E-state index in [1.807, 2.05) is 0 Å². The summed E-state index contributed by atoms with van der Waals surface area (Å²) in [4.78, 5) is 2.79. The summed E-state index contributed by atoms with van der Waals surface area (Å²) in [5, 5.41) is 0. The molecule has 1 fully saturated rings. The highest BCUT2D eigenvalue weighted by Crippen LogP contribution is 2.26. The molecule has 0 aromatic carbocycles. The molecule has 1 rings (SSSR count). The van der Waals surface area contributed by atoms with Crippen LogP contribution in [-0.2, 0) is 0 Å². The Balaban J connectivity index is 2.28. The number of nitrogens with zero attached hydrogens (tertiary/aromatic N) is 1. The Morgan fingerprint density at radius 2 is 1.75 bits per heavy atom. The van der Waals surface area contributed by atoms with Crippen LogP contribution in [-0.4, -0.2) is 30.6 Å². The first-order valence-corrected chi connectivity index (χ1v) is 8.89. The second-order valence-electron chi connectivity index (χ2n) is 7.98. The van der Waals surface area contributed by atoms with Crippen molar-refractivity contribution >= 4 is 0 Å². The van der Waals surface area contributed by atoms with Gasteiger partial charge >= 0.3 is 0 Å². The second kappa shape index (κ2) is 9.04. The highest BCUT2D eigenvalue weighted by molar-refractivity contribution is 4.78. The van der Waals surface area contributed by atoms with Crippen LogP contribution >= 0.6 is 0 Å². The molecule has 2 N–H and O–H groups in total. The maximum absolute atomic E-state index is 5.82. The first-order valence-electron chi connectivity index (χ1n) is 8.89. The van der Waals surface area contributed by atoms with Crippen LogP contribution in [0, 0.1) is 11.3 Å². The Morgan fingerprint density at radius 3 is 2.30 bits per heavy atom. The van der Waals surface area contributed by atoms with E-state index in [0.29, 0.717) is 5.41 Å². The summed E-state index contributed by atoms with van der Waals surface area (Å²) in [5.41, 5.74) is 6.15. The molecule has 2 nitrogen and oxygen atoms in total. The summed E-state index contributed by atoms with van der Waals surface area (Å²) >= 11 is 0. The van der Waals surface area contributed by atoms with Crippen molar-refractivity contribution in [1.29, 1.82) is 0 Å². The Hall–Kier alpha value is -0.0800. The van der Waals surface area contributed by atoms with Crippen molar-refractivity contribution in [2.24, 2.45) is 17.1 Å². The highest BCUT2D eigenvalue weighted by Gasteiger charge is 2.22. The van der Waals surface area contributed by atoms with Crippen molar-refractivity contribution < 1.29 is 0 Å². The van der Waals surface area contributed by atoms with E-state index in [2.05, 4.69) is 32.6 Å². The monoisotopic (exact) mass is 282 g/mol. The van der Waals surface area contributed by atoms with Crippen molar-refractivity contribution in [2.75, 3.05) is 19.6 Å². The van der Waals surface area contributed by atoms with Gasteiger partial charge in [-0.3, -0.25) is 0 Å². The molecule has 0 heterocycles. The standard InChI is InChI=1S/C18H38N2/c1-16(2)11-14-20(17-9-5-6-10-17)13-8-7-12-18(3,4)15-19/h16-17H,5-15,19H2,1-4H3. The van der Waals surface area contributed by atoms with Crippen molar-refractivity contribution in [3.8, 4) is 0 Å². The SMILES string of the molecule is CC(C)CCN(CCCCC(C)(C)CN)C1CCCC1. The summed E-state index contributed by atoms with van der Waals surface area (Å²) in [5.74, 6) is 0.829. The highest BCUT2D eigenvalue weighted by atomic mass is 15.2. The number of hydrogen-bond acceptors (Lipinski definition) is 2. The lowest BCUT2D eigenvalue weighted by Crippen LogP contribution is -2.35. The molecule has 1 aliphatic rings. The average molecular weight is 283 g/mol. The lowest BCUT2D eigenvalue weighted by Gasteiger charge is -2.30. The van der Waals surface area contributed by atoms with Gasteiger partial charge in [-0.15, -0.1) is 0 Å². The first-order chi connectivity index (χ1) is 9.44. The van der Waals surface area contributed by atoms with Gasteiger partial charge in [-0.1, -0.05) is 47.0 Å². The molecule has 0 radical (unpaired) electrons. The van der Waals surface area contributed by atoms with Crippen LogP contribution in [0.3, 0.4) is 0 Å². The molecular weight excluding hydrogens is 244 g/mol. The number of nitrogens with two attached hydrogens (primary N) is 1. The molecule has 0 spiro atoms. The zero-order valence-corrected chi connectivity index (χ0v) is 14.5. The van der Waals surface area contributed by atoms with E-state index in [0.717, 1.165) is 18.5 Å². The van der Waals surface area contributed by atoms with Gasteiger partial charge in [0.2, 0.25) is 0 Å². The van der Waals surface area contributed by atoms with Crippen molar-refractivity contribution in [3.05, 3.63) is 0 Å². The number of rotatable bonds is 10. The zero-order chi connectivity index (χ0) is 15.0. The molecule has 1 aliphatic carbocycles. The lowest BCUT2D eigenvalue weighted by molar-refractivity contribution is 0.181. The van der Waals surface area contributed by atoms with Gasteiger partial charge in [-0.25, -0.2) is 0 Å². The minimum atomic E-state index is 0.329. The Kier molecular flexibility index (Phi) is 8.13. The normalized spacial score (nSPS) is 17.6. The molecule has 20 heavy (non-hydrogen) atoms. The van der Waals surface area contributed by atoms with Gasteiger partial charge in [0.25, 0.3) is 0 Å². The van der Waals surface area contributed by atoms with Crippen molar-refractivity contribution in [1.82, 2.24) is 4.90 Å². The smallest absolute Gasteiger partial charge is 0.00952 e.